The van der Waals surface area contributed by atoms with Gasteiger partial charge in [0, 0.05) is 19.9 Å². The Morgan fingerprint density at radius 1 is 1.03 bits per heavy atom. The van der Waals surface area contributed by atoms with Crippen molar-refractivity contribution in [3.8, 4) is 11.5 Å². The molecular formula is C29H36N4O5. The zero-order valence-electron chi connectivity index (χ0n) is 22.2. The number of ether oxygens (including phenoxy) is 2. The highest BCUT2D eigenvalue weighted by atomic mass is 16.5. The largest absolute Gasteiger partial charge is 0.492 e. The second kappa shape index (κ2) is 12.6. The zero-order chi connectivity index (χ0) is 27.1. The molecule has 9 nitrogen and oxygen atoms in total. The van der Waals surface area contributed by atoms with Crippen molar-refractivity contribution in [2.24, 2.45) is 10.1 Å². The molecule has 0 fully saturated rings. The Morgan fingerprint density at radius 3 is 2.39 bits per heavy atom. The number of para-hydroxylation sites is 1. The Morgan fingerprint density at radius 2 is 1.74 bits per heavy atom. The number of hydrogen-bond acceptors (Lipinski definition) is 7. The monoisotopic (exact) mass is 520 g/mol. The molecule has 0 saturated heterocycles. The maximum absolute atomic E-state index is 13.4. The first-order valence-electron chi connectivity index (χ1n) is 13.3. The van der Waals surface area contributed by atoms with Crippen LogP contribution < -0.4 is 9.47 Å². The van der Waals surface area contributed by atoms with Gasteiger partial charge >= 0.3 is 5.97 Å². The Hall–Kier alpha value is -3.88. The van der Waals surface area contributed by atoms with Crippen LogP contribution in [0.3, 0.4) is 0 Å². The summed E-state index contributed by atoms with van der Waals surface area (Å²) >= 11 is 0. The minimum atomic E-state index is -1.02. The van der Waals surface area contributed by atoms with E-state index in [1.807, 2.05) is 37.4 Å². The predicted molar refractivity (Wildman–Crippen MR) is 146 cm³/mol. The van der Waals surface area contributed by atoms with Crippen molar-refractivity contribution in [3.63, 3.8) is 0 Å². The number of nitrogens with zero attached hydrogens (tertiary/aromatic N) is 4. The lowest BCUT2D eigenvalue weighted by atomic mass is 9.98. The number of hydrazone groups is 1. The number of carbonyl (C=O) groups excluding carboxylic acids is 1. The number of amides is 1. The van der Waals surface area contributed by atoms with Crippen molar-refractivity contribution in [1.29, 1.82) is 0 Å². The first kappa shape index (κ1) is 27.2. The maximum Gasteiger partial charge on any atom is 0.345 e. The molecular weight excluding hydrogens is 484 g/mol. The molecule has 2 aliphatic heterocycles. The molecule has 1 N–H and O–H groups in total. The quantitative estimate of drug-likeness (QED) is 0.428. The van der Waals surface area contributed by atoms with Gasteiger partial charge in [0.15, 0.2) is 12.1 Å². The molecule has 2 unspecified atom stereocenters. The van der Waals surface area contributed by atoms with Crippen LogP contribution in [0, 0.1) is 0 Å². The van der Waals surface area contributed by atoms with E-state index in [-0.39, 0.29) is 18.4 Å². The van der Waals surface area contributed by atoms with Crippen LogP contribution in [-0.2, 0) is 16.0 Å². The lowest BCUT2D eigenvalue weighted by Gasteiger charge is -2.35. The second-order valence-electron chi connectivity index (χ2n) is 9.54. The highest BCUT2D eigenvalue weighted by molar-refractivity contribution is 6.09. The van der Waals surface area contributed by atoms with E-state index in [1.54, 1.807) is 34.2 Å². The first-order valence-corrected chi connectivity index (χ1v) is 13.3. The molecule has 0 saturated carbocycles. The molecule has 0 bridgehead atoms. The molecule has 2 heterocycles. The number of fused-ring (bicyclic) bond motifs is 1. The number of benzene rings is 2. The number of carboxylic acids is 1. The third-order valence-corrected chi connectivity index (χ3v) is 6.65. The number of aliphatic carboxylic acids is 1. The van der Waals surface area contributed by atoms with E-state index >= 15 is 0 Å². The number of carboxylic acid groups (broad SMARTS) is 1. The number of aliphatic imine (C=N–C) groups is 1. The molecule has 0 aromatic heterocycles. The lowest BCUT2D eigenvalue weighted by molar-refractivity contribution is -0.145. The summed E-state index contributed by atoms with van der Waals surface area (Å²) in [5.74, 6) is 0.957. The lowest BCUT2D eigenvalue weighted by Crippen LogP contribution is -2.56. The minimum absolute atomic E-state index is 0.0166. The summed E-state index contributed by atoms with van der Waals surface area (Å²) in [6.07, 6.45) is 2.65. The van der Waals surface area contributed by atoms with Crippen LogP contribution in [0.25, 0.3) is 0 Å². The van der Waals surface area contributed by atoms with Crippen LogP contribution in [0.5, 0.6) is 11.5 Å². The van der Waals surface area contributed by atoms with Gasteiger partial charge in [0.25, 0.3) is 5.91 Å². The van der Waals surface area contributed by atoms with Crippen molar-refractivity contribution in [1.82, 2.24) is 9.91 Å². The highest BCUT2D eigenvalue weighted by Gasteiger charge is 2.46. The summed E-state index contributed by atoms with van der Waals surface area (Å²) in [6.45, 7) is 4.89. The summed E-state index contributed by atoms with van der Waals surface area (Å²) in [4.78, 5) is 31.9. The van der Waals surface area contributed by atoms with Crippen LogP contribution in [0.1, 0.15) is 45.1 Å². The molecule has 2 aliphatic rings. The van der Waals surface area contributed by atoms with Gasteiger partial charge in [-0.1, -0.05) is 50.6 Å². The fraction of sp³-hybridized carbons (Fsp3) is 0.448. The molecule has 1 amide bonds. The van der Waals surface area contributed by atoms with Gasteiger partial charge in [0.2, 0.25) is 0 Å². The molecule has 2 aromatic rings. The molecule has 0 aliphatic carbocycles. The van der Waals surface area contributed by atoms with E-state index in [4.69, 9.17) is 14.5 Å². The number of likely N-dealkylation sites (N-methyl/N-ethyl adjacent to an activating group) is 1. The molecule has 9 heteroatoms. The summed E-state index contributed by atoms with van der Waals surface area (Å²) in [6, 6.07) is 15.6. The van der Waals surface area contributed by atoms with Gasteiger partial charge in [-0.05, 0) is 42.7 Å². The fourth-order valence-corrected chi connectivity index (χ4v) is 4.82. The van der Waals surface area contributed by atoms with Gasteiger partial charge in [0.05, 0.1) is 12.3 Å². The minimum Gasteiger partial charge on any atom is -0.492 e. The number of hydrogen-bond donors (Lipinski definition) is 1. The van der Waals surface area contributed by atoms with Gasteiger partial charge in [-0.25, -0.2) is 4.79 Å². The summed E-state index contributed by atoms with van der Waals surface area (Å²) in [5.41, 5.74) is 1.81. The summed E-state index contributed by atoms with van der Waals surface area (Å²) < 4.78 is 11.6. The van der Waals surface area contributed by atoms with E-state index in [0.29, 0.717) is 24.7 Å². The average Bonchev–Trinajstić information content (AvgIpc) is 3.22. The Balaban J connectivity index is 1.35. The molecule has 2 aromatic carbocycles. The van der Waals surface area contributed by atoms with E-state index in [2.05, 4.69) is 18.9 Å². The van der Waals surface area contributed by atoms with E-state index in [1.165, 1.54) is 0 Å². The highest BCUT2D eigenvalue weighted by Crippen LogP contribution is 2.27. The predicted octanol–water partition coefficient (Wildman–Crippen LogP) is 4.02. The number of carbonyl (C=O) groups is 2. The van der Waals surface area contributed by atoms with Crippen LogP contribution >= 0.6 is 0 Å². The van der Waals surface area contributed by atoms with Crippen molar-refractivity contribution in [2.45, 2.75) is 64.1 Å². The third kappa shape index (κ3) is 6.33. The van der Waals surface area contributed by atoms with Crippen molar-refractivity contribution in [3.05, 3.63) is 60.2 Å². The first-order chi connectivity index (χ1) is 18.4. The van der Waals surface area contributed by atoms with Crippen molar-refractivity contribution in [2.75, 3.05) is 20.2 Å². The smallest absolute Gasteiger partial charge is 0.345 e. The van der Waals surface area contributed by atoms with Crippen LogP contribution in [0.4, 0.5) is 0 Å². The number of amidine groups is 1. The molecule has 4 rings (SSSR count). The van der Waals surface area contributed by atoms with Gasteiger partial charge in [-0.3, -0.25) is 19.7 Å². The Bertz CT molecular complexity index is 1170. The van der Waals surface area contributed by atoms with Crippen molar-refractivity contribution < 1.29 is 24.2 Å². The molecule has 38 heavy (non-hydrogen) atoms. The molecule has 202 valence electrons. The topological polar surface area (TPSA) is 104 Å². The summed E-state index contributed by atoms with van der Waals surface area (Å²) in [7, 11) is 1.84. The molecule has 3 atom stereocenters. The average molecular weight is 521 g/mol. The fourth-order valence-electron chi connectivity index (χ4n) is 4.82. The Kier molecular flexibility index (Phi) is 8.99. The van der Waals surface area contributed by atoms with E-state index in [0.717, 1.165) is 42.8 Å². The zero-order valence-corrected chi connectivity index (χ0v) is 22.2. The normalized spacial score (nSPS) is 19.5. The summed E-state index contributed by atoms with van der Waals surface area (Å²) in [5, 5.41) is 15.9. The van der Waals surface area contributed by atoms with Crippen LogP contribution in [0.2, 0.25) is 0 Å². The third-order valence-electron chi connectivity index (χ3n) is 6.65. The van der Waals surface area contributed by atoms with Crippen LogP contribution in [0.15, 0.2) is 64.7 Å². The number of rotatable bonds is 13. The van der Waals surface area contributed by atoms with Gasteiger partial charge < -0.3 is 14.6 Å². The second-order valence-corrected chi connectivity index (χ2v) is 9.54. The molecule has 0 spiro atoms. The standard InChI is InChI=1S/C29H36N4O5/c1-4-9-23-26-27(32(3)31-23)28(34)33(25(30-26)10-5-2)17-18-37-21-15-13-20(14-16-21)19-24(29(35)36)38-22-11-7-6-8-12-22/h6-8,11-16,24,26-27H,4-5,9-10,17-19H2,1-3H3,(H,35,36)/t24-,26?,27?/m0/s1. The van der Waals surface area contributed by atoms with E-state index < -0.39 is 18.1 Å². The van der Waals surface area contributed by atoms with Gasteiger partial charge in [-0.2, -0.15) is 5.10 Å². The molecule has 0 radical (unpaired) electrons. The maximum atomic E-state index is 13.4. The SMILES string of the molecule is CCCC1=NN(C)C2C(=O)N(CCOc3ccc(C[C@H](Oc4ccccc4)C(=O)O)cc3)C(CCC)=NC12. The van der Waals surface area contributed by atoms with Gasteiger partial charge in [0.1, 0.15) is 30.0 Å². The van der Waals surface area contributed by atoms with Crippen LogP contribution in [-0.4, -0.2) is 76.8 Å². The van der Waals surface area contributed by atoms with Gasteiger partial charge in [-0.15, -0.1) is 0 Å². The Labute approximate surface area is 223 Å². The van der Waals surface area contributed by atoms with Crippen molar-refractivity contribution >= 4 is 23.4 Å². The van der Waals surface area contributed by atoms with E-state index in [9.17, 15) is 14.7 Å².